The summed E-state index contributed by atoms with van der Waals surface area (Å²) in [6, 6.07) is 12.8. The molecular weight excluding hydrogens is 271 g/mol. The van der Waals surface area contributed by atoms with E-state index in [-0.39, 0.29) is 12.1 Å². The van der Waals surface area contributed by atoms with Gasteiger partial charge < -0.3 is 10.6 Å². The summed E-state index contributed by atoms with van der Waals surface area (Å²) in [5.74, 6) is -2.10. The van der Waals surface area contributed by atoms with E-state index in [4.69, 9.17) is 5.73 Å². The zero-order chi connectivity index (χ0) is 15.0. The van der Waals surface area contributed by atoms with Crippen molar-refractivity contribution >= 4 is 17.5 Å². The number of carbonyl (C=O) groups excluding carboxylic acids is 2. The lowest BCUT2D eigenvalue weighted by atomic mass is 10.0. The smallest absolute Gasteiger partial charge is 0.261 e. The van der Waals surface area contributed by atoms with E-state index in [1.165, 1.54) is 23.1 Å². The maximum atomic E-state index is 13.8. The molecule has 2 aromatic rings. The molecule has 0 spiro atoms. The summed E-state index contributed by atoms with van der Waals surface area (Å²) in [6.45, 7) is 0.141. The Hall–Kier alpha value is -2.69. The monoisotopic (exact) mass is 284 g/mol. The maximum Gasteiger partial charge on any atom is 0.261 e. The van der Waals surface area contributed by atoms with Crippen molar-refractivity contribution in [2.75, 3.05) is 11.4 Å². The predicted molar refractivity (Wildman–Crippen MR) is 76.5 cm³/mol. The molecule has 1 heterocycles. The fourth-order valence-electron chi connectivity index (χ4n) is 2.62. The van der Waals surface area contributed by atoms with E-state index in [0.717, 1.165) is 0 Å². The van der Waals surface area contributed by atoms with Gasteiger partial charge in [-0.2, -0.15) is 0 Å². The molecule has 21 heavy (non-hydrogen) atoms. The van der Waals surface area contributed by atoms with E-state index in [9.17, 15) is 14.0 Å². The van der Waals surface area contributed by atoms with Crippen molar-refractivity contribution in [3.05, 3.63) is 65.5 Å². The first kappa shape index (κ1) is 13.3. The molecule has 5 heteroatoms. The molecule has 4 nitrogen and oxygen atoms in total. The molecule has 106 valence electrons. The Balaban J connectivity index is 2.03. The number of carbonyl (C=O) groups is 2. The zero-order valence-corrected chi connectivity index (χ0v) is 11.1. The number of rotatable bonds is 2. The van der Waals surface area contributed by atoms with Crippen LogP contribution in [0.3, 0.4) is 0 Å². The molecule has 0 unspecified atom stereocenters. The van der Waals surface area contributed by atoms with Crippen molar-refractivity contribution in [3.8, 4) is 0 Å². The molecule has 0 bridgehead atoms. The first-order valence-corrected chi connectivity index (χ1v) is 6.54. The second kappa shape index (κ2) is 5.01. The van der Waals surface area contributed by atoms with E-state index in [2.05, 4.69) is 0 Å². The van der Waals surface area contributed by atoms with Crippen LogP contribution in [-0.2, 0) is 4.79 Å². The number of para-hydroxylation sites is 1. The van der Waals surface area contributed by atoms with Gasteiger partial charge in [0.2, 0.25) is 5.91 Å². The third kappa shape index (κ3) is 2.16. The van der Waals surface area contributed by atoms with Crippen LogP contribution in [0.1, 0.15) is 21.8 Å². The van der Waals surface area contributed by atoms with Gasteiger partial charge in [0, 0.05) is 12.2 Å². The van der Waals surface area contributed by atoms with Crippen LogP contribution in [0.4, 0.5) is 10.1 Å². The number of nitrogens with two attached hydrogens (primary N) is 1. The van der Waals surface area contributed by atoms with Crippen LogP contribution >= 0.6 is 0 Å². The maximum absolute atomic E-state index is 13.8. The van der Waals surface area contributed by atoms with E-state index in [1.807, 2.05) is 0 Å². The third-order valence-corrected chi connectivity index (χ3v) is 3.66. The Kier molecular flexibility index (Phi) is 3.17. The molecular formula is C16H13FN2O2. The number of hydrogen-bond donors (Lipinski definition) is 1. The summed E-state index contributed by atoms with van der Waals surface area (Å²) < 4.78 is 13.8. The van der Waals surface area contributed by atoms with E-state index in [1.54, 1.807) is 30.3 Å². The number of fused-ring (bicyclic) bond motifs is 1. The molecule has 0 fully saturated rings. The lowest BCUT2D eigenvalue weighted by Gasteiger charge is -2.17. The van der Waals surface area contributed by atoms with Crippen molar-refractivity contribution in [1.82, 2.24) is 0 Å². The summed E-state index contributed by atoms with van der Waals surface area (Å²) in [4.78, 5) is 25.5. The summed E-state index contributed by atoms with van der Waals surface area (Å²) in [5, 5.41) is 0. The lowest BCUT2D eigenvalue weighted by Crippen LogP contribution is -2.33. The van der Waals surface area contributed by atoms with Gasteiger partial charge in [-0.15, -0.1) is 0 Å². The minimum atomic E-state index is -0.581. The van der Waals surface area contributed by atoms with Gasteiger partial charge in [-0.3, -0.25) is 9.59 Å². The molecule has 2 N–H and O–H groups in total. The fourth-order valence-corrected chi connectivity index (χ4v) is 2.62. The molecule has 2 amide bonds. The van der Waals surface area contributed by atoms with Gasteiger partial charge in [-0.05, 0) is 23.8 Å². The van der Waals surface area contributed by atoms with Gasteiger partial charge in [-0.25, -0.2) is 4.39 Å². The highest BCUT2D eigenvalue weighted by molar-refractivity contribution is 6.09. The number of primary amides is 1. The van der Waals surface area contributed by atoms with Gasteiger partial charge in [0.05, 0.1) is 11.5 Å². The minimum absolute atomic E-state index is 0.0163. The van der Waals surface area contributed by atoms with Crippen LogP contribution in [-0.4, -0.2) is 18.4 Å². The normalized spacial score (nSPS) is 16.6. The molecule has 0 aromatic heterocycles. The molecule has 1 aliphatic heterocycles. The van der Waals surface area contributed by atoms with E-state index >= 15 is 0 Å². The Morgan fingerprint density at radius 3 is 2.48 bits per heavy atom. The van der Waals surface area contributed by atoms with Crippen LogP contribution < -0.4 is 10.6 Å². The standard InChI is InChI=1S/C16H13FN2O2/c17-13-7-3-1-6-11(13)16(21)19-9-12(15(18)20)10-5-2-4-8-14(10)19/h1-8,12H,9H2,(H2,18,20)/t12-/m1/s1. The molecule has 2 aromatic carbocycles. The molecule has 1 atom stereocenters. The molecule has 0 saturated heterocycles. The van der Waals surface area contributed by atoms with Crippen LogP contribution in [0.25, 0.3) is 0 Å². The quantitative estimate of drug-likeness (QED) is 0.917. The van der Waals surface area contributed by atoms with Crippen molar-refractivity contribution in [2.45, 2.75) is 5.92 Å². The SMILES string of the molecule is NC(=O)[C@@H]1CN(C(=O)c2ccccc2F)c2ccccc21. The van der Waals surface area contributed by atoms with E-state index < -0.39 is 23.5 Å². The number of benzene rings is 2. The van der Waals surface area contributed by atoms with Gasteiger partial charge in [0.15, 0.2) is 0 Å². The van der Waals surface area contributed by atoms with Crippen LogP contribution in [0.5, 0.6) is 0 Å². The average molecular weight is 284 g/mol. The second-order valence-electron chi connectivity index (χ2n) is 4.91. The van der Waals surface area contributed by atoms with Gasteiger partial charge in [0.1, 0.15) is 5.82 Å². The highest BCUT2D eigenvalue weighted by Crippen LogP contribution is 2.36. The van der Waals surface area contributed by atoms with Gasteiger partial charge in [0.25, 0.3) is 5.91 Å². The Morgan fingerprint density at radius 1 is 1.10 bits per heavy atom. The van der Waals surface area contributed by atoms with Crippen LogP contribution in [0, 0.1) is 5.82 Å². The number of halogens is 1. The minimum Gasteiger partial charge on any atom is -0.369 e. The Labute approximate surface area is 121 Å². The van der Waals surface area contributed by atoms with Crippen molar-refractivity contribution < 1.29 is 14.0 Å². The highest BCUT2D eigenvalue weighted by atomic mass is 19.1. The van der Waals surface area contributed by atoms with E-state index in [0.29, 0.717) is 11.3 Å². The number of amides is 2. The Bertz CT molecular complexity index is 730. The van der Waals surface area contributed by atoms with Gasteiger partial charge >= 0.3 is 0 Å². The number of nitrogens with zero attached hydrogens (tertiary/aromatic N) is 1. The predicted octanol–water partition coefficient (Wildman–Crippen LogP) is 2.05. The highest BCUT2D eigenvalue weighted by Gasteiger charge is 2.36. The first-order valence-electron chi connectivity index (χ1n) is 6.54. The van der Waals surface area contributed by atoms with Crippen molar-refractivity contribution in [3.63, 3.8) is 0 Å². The topological polar surface area (TPSA) is 63.4 Å². The summed E-state index contributed by atoms with van der Waals surface area (Å²) in [5.41, 5.74) is 6.69. The zero-order valence-electron chi connectivity index (χ0n) is 11.1. The average Bonchev–Trinajstić information content (AvgIpc) is 2.87. The number of hydrogen-bond acceptors (Lipinski definition) is 2. The lowest BCUT2D eigenvalue weighted by molar-refractivity contribution is -0.119. The van der Waals surface area contributed by atoms with Crippen molar-refractivity contribution in [2.24, 2.45) is 5.73 Å². The largest absolute Gasteiger partial charge is 0.369 e. The summed E-state index contributed by atoms with van der Waals surface area (Å²) >= 11 is 0. The number of anilines is 1. The first-order chi connectivity index (χ1) is 10.1. The third-order valence-electron chi connectivity index (χ3n) is 3.66. The molecule has 0 saturated carbocycles. The molecule has 0 radical (unpaired) electrons. The Morgan fingerprint density at radius 2 is 1.76 bits per heavy atom. The van der Waals surface area contributed by atoms with Crippen molar-refractivity contribution in [1.29, 1.82) is 0 Å². The fraction of sp³-hybridized carbons (Fsp3) is 0.125. The van der Waals surface area contributed by atoms with Crippen LogP contribution in [0.2, 0.25) is 0 Å². The second-order valence-corrected chi connectivity index (χ2v) is 4.91. The molecule has 0 aliphatic carbocycles. The van der Waals surface area contributed by atoms with Crippen LogP contribution in [0.15, 0.2) is 48.5 Å². The summed E-state index contributed by atoms with van der Waals surface area (Å²) in [7, 11) is 0. The summed E-state index contributed by atoms with van der Waals surface area (Å²) in [6.07, 6.45) is 0. The van der Waals surface area contributed by atoms with Gasteiger partial charge in [-0.1, -0.05) is 30.3 Å². The molecule has 3 rings (SSSR count). The molecule has 1 aliphatic rings.